The Labute approximate surface area is 216 Å². The minimum atomic E-state index is -1.95. The van der Waals surface area contributed by atoms with E-state index in [0.29, 0.717) is 0 Å². The number of nitrogens with zero attached hydrogens (tertiary/aromatic N) is 1. The lowest BCUT2D eigenvalue weighted by Gasteiger charge is -2.22. The Balaban J connectivity index is 1.48. The highest BCUT2D eigenvalue weighted by Crippen LogP contribution is 2.35. The molecule has 2 heterocycles. The first-order chi connectivity index (χ1) is 17.1. The summed E-state index contributed by atoms with van der Waals surface area (Å²) >= 11 is 0. The molecule has 0 saturated carbocycles. The third-order valence-electron chi connectivity index (χ3n) is 7.99. The summed E-state index contributed by atoms with van der Waals surface area (Å²) in [6.07, 6.45) is 2.00. The van der Waals surface area contributed by atoms with Gasteiger partial charge in [0.25, 0.3) is 0 Å². The lowest BCUT2D eigenvalue weighted by Crippen LogP contribution is -2.50. The van der Waals surface area contributed by atoms with Gasteiger partial charge in [0, 0.05) is 11.8 Å². The molecule has 36 heavy (non-hydrogen) atoms. The third kappa shape index (κ3) is 3.61. The van der Waals surface area contributed by atoms with Crippen molar-refractivity contribution in [1.29, 1.82) is 0 Å². The highest BCUT2D eigenvalue weighted by atomic mass is 28.3. The van der Waals surface area contributed by atoms with Crippen LogP contribution in [0.2, 0.25) is 32.7 Å². The number of fused-ring (bicyclic) bond motifs is 4. The second kappa shape index (κ2) is 8.12. The lowest BCUT2D eigenvalue weighted by molar-refractivity contribution is 1.34. The Hall–Kier alpha value is -3.28. The summed E-state index contributed by atoms with van der Waals surface area (Å²) in [4.78, 5) is 5.00. The van der Waals surface area contributed by atoms with Gasteiger partial charge in [0.05, 0.1) is 13.8 Å². The summed E-state index contributed by atoms with van der Waals surface area (Å²) in [6, 6.07) is 32.0. The summed E-state index contributed by atoms with van der Waals surface area (Å²) in [5.74, 6) is 0. The maximum Gasteiger partial charge on any atom is 0.116 e. The number of rotatable bonds is 3. The van der Waals surface area contributed by atoms with E-state index in [-0.39, 0.29) is 0 Å². The largest absolute Gasteiger partial charge is 0.256 e. The van der Waals surface area contributed by atoms with Crippen molar-refractivity contribution in [1.82, 2.24) is 4.98 Å². The number of aryl methyl sites for hydroxylation is 1. The normalized spacial score (nSPS) is 14.1. The molecule has 178 valence electrons. The number of hydrogen-bond acceptors (Lipinski definition) is 1. The minimum Gasteiger partial charge on any atom is -0.256 e. The van der Waals surface area contributed by atoms with E-state index in [4.69, 9.17) is 4.98 Å². The monoisotopic (exact) mass is 499 g/mol. The summed E-state index contributed by atoms with van der Waals surface area (Å²) in [5, 5.41) is 7.11. The minimum absolute atomic E-state index is 1.16. The van der Waals surface area contributed by atoms with Crippen LogP contribution in [0, 0.1) is 6.92 Å². The van der Waals surface area contributed by atoms with Gasteiger partial charge in [-0.25, -0.2) is 0 Å². The molecule has 0 saturated heterocycles. The van der Waals surface area contributed by atoms with Crippen LogP contribution < -0.4 is 15.6 Å². The van der Waals surface area contributed by atoms with E-state index in [1.165, 1.54) is 59.7 Å². The zero-order valence-electron chi connectivity index (χ0n) is 22.1. The molecular weight excluding hydrogens is 467 g/mol. The highest BCUT2D eigenvalue weighted by molar-refractivity contribution is 7.04. The Bertz CT molecular complexity index is 1640. The molecule has 1 nitrogen and oxygen atoms in total. The molecule has 1 aliphatic heterocycles. The fraction of sp³-hybridized carbons (Fsp3) is 0.182. The quantitative estimate of drug-likeness (QED) is 0.239. The van der Waals surface area contributed by atoms with E-state index in [2.05, 4.69) is 125 Å². The molecule has 5 aromatic rings. The Kier molecular flexibility index (Phi) is 5.22. The summed E-state index contributed by atoms with van der Waals surface area (Å²) in [7, 11) is -3.25. The molecule has 1 aromatic heterocycles. The molecule has 0 N–H and O–H groups in total. The van der Waals surface area contributed by atoms with Crippen molar-refractivity contribution in [3.8, 4) is 33.5 Å². The molecule has 0 atom stereocenters. The van der Waals surface area contributed by atoms with Gasteiger partial charge < -0.3 is 0 Å². The number of pyridine rings is 1. The first-order valence-electron chi connectivity index (χ1n) is 12.9. The van der Waals surface area contributed by atoms with Gasteiger partial charge in [-0.3, -0.25) is 4.98 Å². The molecule has 0 amide bonds. The van der Waals surface area contributed by atoms with Gasteiger partial charge in [-0.1, -0.05) is 105 Å². The molecule has 0 fully saturated rings. The van der Waals surface area contributed by atoms with Crippen molar-refractivity contribution in [2.24, 2.45) is 0 Å². The fourth-order valence-electron chi connectivity index (χ4n) is 5.95. The van der Waals surface area contributed by atoms with E-state index >= 15 is 0 Å². The summed E-state index contributed by atoms with van der Waals surface area (Å²) in [5.41, 5.74) is 9.10. The van der Waals surface area contributed by atoms with Crippen LogP contribution in [0.15, 0.2) is 91.1 Å². The average molecular weight is 500 g/mol. The van der Waals surface area contributed by atoms with Crippen LogP contribution in [0.3, 0.4) is 0 Å². The van der Waals surface area contributed by atoms with Crippen molar-refractivity contribution in [2.75, 3.05) is 0 Å². The second-order valence-corrected chi connectivity index (χ2v) is 21.2. The fourth-order valence-corrected chi connectivity index (χ4v) is 10.5. The van der Waals surface area contributed by atoms with Crippen molar-refractivity contribution in [3.63, 3.8) is 0 Å². The Morgan fingerprint density at radius 1 is 0.694 bits per heavy atom. The molecule has 1 aliphatic rings. The lowest BCUT2D eigenvalue weighted by atomic mass is 9.97. The SMILES string of the molecule is Cc1cc(-c2nccc3c2[Si](C)(C)c2cc(-c4ccc([Si](C)(C)C)cc4)ccc2-3)cc2ccccc12. The van der Waals surface area contributed by atoms with Crippen LogP contribution in [-0.4, -0.2) is 21.1 Å². The smallest absolute Gasteiger partial charge is 0.116 e. The third-order valence-corrected chi connectivity index (χ3v) is 13.6. The highest BCUT2D eigenvalue weighted by Gasteiger charge is 2.40. The Morgan fingerprint density at radius 3 is 2.17 bits per heavy atom. The predicted octanol–water partition coefficient (Wildman–Crippen LogP) is 7.23. The van der Waals surface area contributed by atoms with E-state index in [1.807, 2.05) is 6.20 Å². The zero-order chi connectivity index (χ0) is 25.2. The van der Waals surface area contributed by atoms with Crippen molar-refractivity contribution >= 4 is 42.5 Å². The molecule has 0 aliphatic carbocycles. The summed E-state index contributed by atoms with van der Waals surface area (Å²) < 4.78 is 0. The van der Waals surface area contributed by atoms with Gasteiger partial charge in [-0.2, -0.15) is 0 Å². The maximum absolute atomic E-state index is 5.00. The Morgan fingerprint density at radius 2 is 1.42 bits per heavy atom. The van der Waals surface area contributed by atoms with Gasteiger partial charge in [0.1, 0.15) is 8.07 Å². The van der Waals surface area contributed by atoms with Crippen LogP contribution >= 0.6 is 0 Å². The van der Waals surface area contributed by atoms with Crippen LogP contribution in [-0.2, 0) is 0 Å². The van der Waals surface area contributed by atoms with Crippen LogP contribution in [0.4, 0.5) is 0 Å². The van der Waals surface area contributed by atoms with E-state index < -0.39 is 16.1 Å². The van der Waals surface area contributed by atoms with Gasteiger partial charge in [0.15, 0.2) is 0 Å². The molecule has 6 rings (SSSR count). The average Bonchev–Trinajstić information content (AvgIpc) is 3.10. The molecule has 0 spiro atoms. The second-order valence-electron chi connectivity index (χ2n) is 11.8. The number of aromatic nitrogens is 1. The maximum atomic E-state index is 5.00. The van der Waals surface area contributed by atoms with Gasteiger partial charge in [-0.05, 0) is 74.1 Å². The molecule has 0 bridgehead atoms. The van der Waals surface area contributed by atoms with Gasteiger partial charge >= 0.3 is 0 Å². The van der Waals surface area contributed by atoms with Gasteiger partial charge in [0.2, 0.25) is 0 Å². The topological polar surface area (TPSA) is 12.9 Å². The molecule has 0 unspecified atom stereocenters. The van der Waals surface area contributed by atoms with E-state index in [9.17, 15) is 0 Å². The van der Waals surface area contributed by atoms with Crippen molar-refractivity contribution in [3.05, 3.63) is 96.7 Å². The van der Waals surface area contributed by atoms with Crippen molar-refractivity contribution < 1.29 is 0 Å². The van der Waals surface area contributed by atoms with Crippen LogP contribution in [0.25, 0.3) is 44.3 Å². The first-order valence-corrected chi connectivity index (χ1v) is 19.4. The van der Waals surface area contributed by atoms with Crippen LogP contribution in [0.5, 0.6) is 0 Å². The summed E-state index contributed by atoms with van der Waals surface area (Å²) in [6.45, 7) is 14.4. The molecular formula is C33H33NSi2. The van der Waals surface area contributed by atoms with Crippen LogP contribution in [0.1, 0.15) is 5.56 Å². The standard InChI is InChI=1S/C33H33NSi2/c1-22-19-26(20-25-9-7-8-10-28(22)25)32-33-30(17-18-34-32)29-16-13-24(21-31(29)36(33,5)6)23-11-14-27(15-12-23)35(2,3)4/h7-21H,1-6H3. The zero-order valence-corrected chi connectivity index (χ0v) is 24.1. The van der Waals surface area contributed by atoms with E-state index in [0.717, 1.165) is 5.69 Å². The molecule has 3 heteroatoms. The number of benzene rings is 4. The first kappa shape index (κ1) is 23.1. The van der Waals surface area contributed by atoms with E-state index in [1.54, 1.807) is 0 Å². The van der Waals surface area contributed by atoms with Gasteiger partial charge in [-0.15, -0.1) is 0 Å². The molecule has 0 radical (unpaired) electrons. The number of hydrogen-bond donors (Lipinski definition) is 0. The predicted molar refractivity (Wildman–Crippen MR) is 163 cm³/mol. The molecule has 4 aromatic carbocycles. The van der Waals surface area contributed by atoms with Crippen molar-refractivity contribution in [2.45, 2.75) is 39.7 Å².